The maximum atomic E-state index is 14.6. The van der Waals surface area contributed by atoms with Crippen molar-refractivity contribution >= 4 is 57.0 Å². The van der Waals surface area contributed by atoms with Gasteiger partial charge < -0.3 is 11.5 Å². The largest absolute Gasteiger partial charge is 0.330 e. The molecule has 2 aliphatic carbocycles. The van der Waals surface area contributed by atoms with Gasteiger partial charge in [0.05, 0.1) is 0 Å². The molecule has 4 aliphatic rings. The maximum absolute atomic E-state index is 14.6. The second-order valence-electron chi connectivity index (χ2n) is 14.1. The molecule has 2 aliphatic heterocycles. The van der Waals surface area contributed by atoms with Crippen molar-refractivity contribution in [3.8, 4) is 0 Å². The van der Waals surface area contributed by atoms with Crippen LogP contribution in [-0.2, 0) is 32.2 Å². The molecule has 2 spiro atoms. The number of hydrazone groups is 2. The first-order valence-electron chi connectivity index (χ1n) is 18.5. The van der Waals surface area contributed by atoms with Crippen LogP contribution in [0.2, 0.25) is 5.02 Å². The molecule has 0 unspecified atom stereocenters. The molecule has 13 heteroatoms. The second-order valence-corrected chi connectivity index (χ2v) is 17.0. The molecule has 2 heterocycles. The van der Waals surface area contributed by atoms with E-state index in [9.17, 15) is 18.4 Å². The summed E-state index contributed by atoms with van der Waals surface area (Å²) in [6, 6.07) is 27.3. The average Bonchev–Trinajstić information content (AvgIpc) is 3.77. The number of nitrogens with two attached hydrogens (primary N) is 2. The third-order valence-electron chi connectivity index (χ3n) is 10.8. The fourth-order valence-electron chi connectivity index (χ4n) is 8.47. The molecule has 4 atom stereocenters. The van der Waals surface area contributed by atoms with Gasteiger partial charge in [0.25, 0.3) is 0 Å². The number of fused-ring (bicyclic) bond motifs is 4. The monoisotopic (exact) mass is 800 g/mol. The average molecular weight is 801 g/mol. The SMILES string of the molecule is CC(=O)N1N=C(c2cc(Cl)ccc2F)S[C@]12c1ccccc1CC[C@@H]2CCN.CC(=O)N1N=C(c2ccccc2F)S[C@]12c1ccccc1CC[C@@H]2CCN. The van der Waals surface area contributed by atoms with E-state index in [1.807, 2.05) is 30.3 Å². The Bertz CT molecular complexity index is 2190. The normalized spacial score (nSPS) is 23.8. The minimum absolute atomic E-state index is 0.116. The lowest BCUT2D eigenvalue weighted by molar-refractivity contribution is -0.135. The first-order valence-corrected chi connectivity index (χ1v) is 20.5. The van der Waals surface area contributed by atoms with Crippen LogP contribution in [0.3, 0.4) is 0 Å². The number of hydrogen-bond donors (Lipinski definition) is 2. The van der Waals surface area contributed by atoms with Crippen LogP contribution in [0.1, 0.15) is 72.9 Å². The van der Waals surface area contributed by atoms with Crippen molar-refractivity contribution in [2.24, 2.45) is 33.5 Å². The van der Waals surface area contributed by atoms with Crippen molar-refractivity contribution in [3.05, 3.63) is 141 Å². The molecule has 55 heavy (non-hydrogen) atoms. The molecular formula is C42H43ClF2N6O2S2. The predicted molar refractivity (Wildman–Crippen MR) is 218 cm³/mol. The van der Waals surface area contributed by atoms with Crippen LogP contribution in [0.5, 0.6) is 0 Å². The maximum Gasteiger partial charge on any atom is 0.241 e. The van der Waals surface area contributed by atoms with Gasteiger partial charge in [-0.15, -0.1) is 0 Å². The van der Waals surface area contributed by atoms with Crippen LogP contribution >= 0.6 is 35.1 Å². The summed E-state index contributed by atoms with van der Waals surface area (Å²) < 4.78 is 29.0. The lowest BCUT2D eigenvalue weighted by Crippen LogP contribution is -2.49. The quantitative estimate of drug-likeness (QED) is 0.203. The van der Waals surface area contributed by atoms with E-state index in [2.05, 4.69) is 28.4 Å². The van der Waals surface area contributed by atoms with Gasteiger partial charge in [0, 0.05) is 30.0 Å². The molecule has 0 aromatic heterocycles. The summed E-state index contributed by atoms with van der Waals surface area (Å²) in [5.41, 5.74) is 17.1. The first-order chi connectivity index (χ1) is 26.5. The second kappa shape index (κ2) is 16.2. The fraction of sp³-hybridized carbons (Fsp3) is 0.333. The summed E-state index contributed by atoms with van der Waals surface area (Å²) in [5.74, 6) is -0.792. The van der Waals surface area contributed by atoms with E-state index in [4.69, 9.17) is 23.1 Å². The topological polar surface area (TPSA) is 117 Å². The van der Waals surface area contributed by atoms with E-state index >= 15 is 0 Å². The zero-order valence-corrected chi connectivity index (χ0v) is 33.1. The van der Waals surface area contributed by atoms with Crippen molar-refractivity contribution in [2.45, 2.75) is 62.1 Å². The first kappa shape index (κ1) is 39.2. The van der Waals surface area contributed by atoms with Crippen molar-refractivity contribution in [1.29, 1.82) is 0 Å². The van der Waals surface area contributed by atoms with Gasteiger partial charge in [-0.05, 0) is 116 Å². The van der Waals surface area contributed by atoms with Gasteiger partial charge in [-0.1, -0.05) is 95.8 Å². The number of thioether (sulfide) groups is 2. The van der Waals surface area contributed by atoms with Crippen LogP contribution in [0.4, 0.5) is 8.78 Å². The third kappa shape index (κ3) is 7.01. The summed E-state index contributed by atoms with van der Waals surface area (Å²) >= 11 is 9.03. The van der Waals surface area contributed by atoms with Crippen LogP contribution in [0, 0.1) is 23.5 Å². The molecule has 0 saturated carbocycles. The highest BCUT2D eigenvalue weighted by molar-refractivity contribution is 8.15. The molecule has 2 amide bonds. The smallest absolute Gasteiger partial charge is 0.241 e. The highest BCUT2D eigenvalue weighted by atomic mass is 35.5. The summed E-state index contributed by atoms with van der Waals surface area (Å²) in [5, 5.41) is 13.7. The highest BCUT2D eigenvalue weighted by Gasteiger charge is 2.56. The Kier molecular flexibility index (Phi) is 11.5. The third-order valence-corrected chi connectivity index (χ3v) is 14.1. The van der Waals surface area contributed by atoms with Crippen molar-refractivity contribution in [3.63, 3.8) is 0 Å². The molecule has 286 valence electrons. The van der Waals surface area contributed by atoms with E-state index in [0.717, 1.165) is 49.7 Å². The molecule has 8 nitrogen and oxygen atoms in total. The number of nitrogens with zero attached hydrogens (tertiary/aromatic N) is 4. The van der Waals surface area contributed by atoms with Crippen molar-refractivity contribution < 1.29 is 18.4 Å². The molecular weight excluding hydrogens is 758 g/mol. The van der Waals surface area contributed by atoms with E-state index in [1.165, 1.54) is 71.7 Å². The molecule has 4 aromatic carbocycles. The van der Waals surface area contributed by atoms with Crippen molar-refractivity contribution in [2.75, 3.05) is 13.1 Å². The zero-order chi connectivity index (χ0) is 38.9. The van der Waals surface area contributed by atoms with Gasteiger partial charge in [-0.2, -0.15) is 10.2 Å². The predicted octanol–water partition coefficient (Wildman–Crippen LogP) is 8.35. The Morgan fingerprint density at radius 2 is 1.16 bits per heavy atom. The standard InChI is InChI=1S/C21H21ClFN3OS.C21H22FN3OS/c1-13(27)26-21(28-20(25-26)17-12-16(22)8-9-19(17)23)15(10-11-24)7-6-14-4-2-3-5-18(14)21;1-14(26)25-21(27-20(24-25)17-7-3-5-9-19(17)22)16(12-13-23)11-10-15-6-2-4-8-18(15)21/h2-5,8-9,12,15H,6-7,10-11,24H2,1H3;2-9,16H,10-13,23H2,1H3/t15-,21-;16-,21-/m11/s1. The molecule has 0 fully saturated rings. The summed E-state index contributed by atoms with van der Waals surface area (Å²) in [6.07, 6.45) is 5.23. The summed E-state index contributed by atoms with van der Waals surface area (Å²) in [6.45, 7) is 4.07. The zero-order valence-electron chi connectivity index (χ0n) is 30.7. The van der Waals surface area contributed by atoms with Gasteiger partial charge in [-0.3, -0.25) is 9.59 Å². The molecule has 8 rings (SSSR count). The number of benzene rings is 4. The van der Waals surface area contributed by atoms with E-state index in [0.29, 0.717) is 39.3 Å². The number of hydrogen-bond acceptors (Lipinski definition) is 8. The number of carbonyl (C=O) groups excluding carboxylic acids is 2. The van der Waals surface area contributed by atoms with Crippen LogP contribution in [0.15, 0.2) is 101 Å². The minimum atomic E-state index is -0.718. The number of halogens is 3. The lowest BCUT2D eigenvalue weighted by Gasteiger charge is -2.45. The van der Waals surface area contributed by atoms with Crippen molar-refractivity contribution in [1.82, 2.24) is 10.0 Å². The molecule has 4 N–H and O–H groups in total. The molecule has 0 radical (unpaired) electrons. The molecule has 0 saturated heterocycles. The Balaban J connectivity index is 0.000000169. The number of amides is 2. The Morgan fingerprint density at radius 1 is 0.709 bits per heavy atom. The Morgan fingerprint density at radius 3 is 1.65 bits per heavy atom. The summed E-state index contributed by atoms with van der Waals surface area (Å²) in [4.78, 5) is 23.9. The fourth-order valence-corrected chi connectivity index (χ4v) is 12.0. The molecule has 4 aromatic rings. The van der Waals surface area contributed by atoms with Gasteiger partial charge >= 0.3 is 0 Å². The van der Waals surface area contributed by atoms with Crippen LogP contribution in [-0.4, -0.2) is 45.0 Å². The molecule has 0 bridgehead atoms. The van der Waals surface area contributed by atoms with Crippen LogP contribution in [0.25, 0.3) is 0 Å². The van der Waals surface area contributed by atoms with E-state index in [1.54, 1.807) is 29.3 Å². The summed E-state index contributed by atoms with van der Waals surface area (Å²) in [7, 11) is 0. The number of rotatable bonds is 6. The van der Waals surface area contributed by atoms with E-state index in [-0.39, 0.29) is 29.5 Å². The Hall–Kier alpha value is -4.07. The lowest BCUT2D eigenvalue weighted by atomic mass is 9.77. The highest BCUT2D eigenvalue weighted by Crippen LogP contribution is 2.59. The van der Waals surface area contributed by atoms with Gasteiger partial charge in [0.2, 0.25) is 11.8 Å². The van der Waals surface area contributed by atoms with Crippen LogP contribution < -0.4 is 11.5 Å². The van der Waals surface area contributed by atoms with E-state index < -0.39 is 15.6 Å². The number of aryl methyl sites for hydroxylation is 2. The minimum Gasteiger partial charge on any atom is -0.330 e. The Labute approximate surface area is 333 Å². The number of carbonyl (C=O) groups is 2. The van der Waals surface area contributed by atoms with Gasteiger partial charge in [-0.25, -0.2) is 18.8 Å². The van der Waals surface area contributed by atoms with Gasteiger partial charge in [0.15, 0.2) is 0 Å². The van der Waals surface area contributed by atoms with Gasteiger partial charge in [0.1, 0.15) is 31.5 Å².